The molecule has 4 nitrogen and oxygen atoms in total. The minimum absolute atomic E-state index is 0.0373. The monoisotopic (exact) mass is 358 g/mol. The number of amides is 2. The van der Waals surface area contributed by atoms with Gasteiger partial charge in [-0.25, -0.2) is 0 Å². The van der Waals surface area contributed by atoms with Gasteiger partial charge in [-0.3, -0.25) is 9.59 Å². The van der Waals surface area contributed by atoms with Crippen LogP contribution in [0.4, 0.5) is 5.69 Å². The van der Waals surface area contributed by atoms with Crippen LogP contribution in [0.3, 0.4) is 0 Å². The predicted octanol–water partition coefficient (Wildman–Crippen LogP) is 5.10. The van der Waals surface area contributed by atoms with Gasteiger partial charge >= 0.3 is 0 Å². The second-order valence-corrected chi connectivity index (χ2v) is 7.73. The smallest absolute Gasteiger partial charge is 0.253 e. The molecular formula is C22H34N2O2. The highest BCUT2D eigenvalue weighted by Crippen LogP contribution is 2.42. The molecule has 26 heavy (non-hydrogen) atoms. The zero-order valence-corrected chi connectivity index (χ0v) is 16.8. The highest BCUT2D eigenvalue weighted by molar-refractivity contribution is 5.97. The van der Waals surface area contributed by atoms with Gasteiger partial charge in [0.15, 0.2) is 0 Å². The van der Waals surface area contributed by atoms with Gasteiger partial charge in [-0.15, -0.1) is 0 Å². The van der Waals surface area contributed by atoms with Gasteiger partial charge in [0.2, 0.25) is 5.91 Å². The summed E-state index contributed by atoms with van der Waals surface area (Å²) in [6.45, 7) is 9.69. The third-order valence-electron chi connectivity index (χ3n) is 5.99. The fourth-order valence-corrected chi connectivity index (χ4v) is 4.07. The molecule has 0 spiro atoms. The first-order chi connectivity index (χ1) is 12.4. The van der Waals surface area contributed by atoms with Gasteiger partial charge in [-0.05, 0) is 56.9 Å². The standard InChI is InChI=1S/C22H34N2O2/c1-5-24(6-2)20(25)18-11-13-19(14-12-18)23-21(26)22(17(3)4)15-9-7-8-10-16-22/h11-14,17H,5-10,15-16H2,1-4H3,(H,23,26). The fourth-order valence-electron chi connectivity index (χ4n) is 4.07. The van der Waals surface area contributed by atoms with E-state index < -0.39 is 0 Å². The van der Waals surface area contributed by atoms with Gasteiger partial charge in [0.1, 0.15) is 0 Å². The normalized spacial score (nSPS) is 16.8. The van der Waals surface area contributed by atoms with Crippen LogP contribution in [0.15, 0.2) is 24.3 Å². The van der Waals surface area contributed by atoms with Gasteiger partial charge in [0, 0.05) is 24.3 Å². The molecule has 0 aromatic heterocycles. The van der Waals surface area contributed by atoms with Crippen LogP contribution in [-0.4, -0.2) is 29.8 Å². The molecule has 0 unspecified atom stereocenters. The first-order valence-electron chi connectivity index (χ1n) is 10.2. The lowest BCUT2D eigenvalue weighted by Gasteiger charge is -2.35. The summed E-state index contributed by atoms with van der Waals surface area (Å²) in [5, 5.41) is 3.12. The van der Waals surface area contributed by atoms with E-state index in [1.54, 1.807) is 4.90 Å². The van der Waals surface area contributed by atoms with Crippen molar-refractivity contribution >= 4 is 17.5 Å². The van der Waals surface area contributed by atoms with Gasteiger partial charge < -0.3 is 10.2 Å². The van der Waals surface area contributed by atoms with E-state index in [-0.39, 0.29) is 17.2 Å². The fraction of sp³-hybridized carbons (Fsp3) is 0.636. The van der Waals surface area contributed by atoms with Crippen LogP contribution >= 0.6 is 0 Å². The summed E-state index contributed by atoms with van der Waals surface area (Å²) in [5.74, 6) is 0.497. The van der Waals surface area contributed by atoms with Crippen LogP contribution in [0.1, 0.15) is 76.6 Å². The van der Waals surface area contributed by atoms with E-state index in [1.807, 2.05) is 38.1 Å². The average Bonchev–Trinajstić information content (AvgIpc) is 2.90. The molecule has 1 aliphatic rings. The molecule has 2 rings (SSSR count). The molecule has 0 atom stereocenters. The Labute approximate surface area is 158 Å². The Balaban J connectivity index is 2.12. The minimum atomic E-state index is -0.272. The van der Waals surface area contributed by atoms with Crippen LogP contribution in [-0.2, 0) is 4.79 Å². The van der Waals surface area contributed by atoms with Crippen molar-refractivity contribution in [3.8, 4) is 0 Å². The second-order valence-electron chi connectivity index (χ2n) is 7.73. The van der Waals surface area contributed by atoms with Crippen molar-refractivity contribution in [2.75, 3.05) is 18.4 Å². The molecule has 1 aliphatic carbocycles. The molecule has 144 valence electrons. The Hall–Kier alpha value is -1.84. The van der Waals surface area contributed by atoms with E-state index in [0.717, 1.165) is 31.4 Å². The Kier molecular flexibility index (Phi) is 7.24. The largest absolute Gasteiger partial charge is 0.339 e. The van der Waals surface area contributed by atoms with E-state index in [1.165, 1.54) is 12.8 Å². The third kappa shape index (κ3) is 4.46. The maximum atomic E-state index is 13.1. The number of hydrogen-bond acceptors (Lipinski definition) is 2. The zero-order chi connectivity index (χ0) is 19.2. The Morgan fingerprint density at radius 3 is 2.00 bits per heavy atom. The van der Waals surface area contributed by atoms with E-state index in [4.69, 9.17) is 0 Å². The lowest BCUT2D eigenvalue weighted by molar-refractivity contribution is -0.129. The minimum Gasteiger partial charge on any atom is -0.339 e. The number of benzene rings is 1. The Morgan fingerprint density at radius 2 is 1.54 bits per heavy atom. The van der Waals surface area contributed by atoms with Crippen LogP contribution < -0.4 is 5.32 Å². The summed E-state index contributed by atoms with van der Waals surface area (Å²) < 4.78 is 0. The number of anilines is 1. The van der Waals surface area contributed by atoms with E-state index >= 15 is 0 Å². The maximum absolute atomic E-state index is 13.1. The van der Waals surface area contributed by atoms with Gasteiger partial charge in [-0.1, -0.05) is 39.5 Å². The topological polar surface area (TPSA) is 49.4 Å². The Bertz CT molecular complexity index is 595. The maximum Gasteiger partial charge on any atom is 0.253 e. The molecule has 1 saturated carbocycles. The summed E-state index contributed by atoms with van der Waals surface area (Å²) in [6.07, 6.45) is 6.64. The number of nitrogens with one attached hydrogen (secondary N) is 1. The molecule has 0 bridgehead atoms. The van der Waals surface area contributed by atoms with Gasteiger partial charge in [0.05, 0.1) is 5.41 Å². The van der Waals surface area contributed by atoms with Crippen molar-refractivity contribution in [3.05, 3.63) is 29.8 Å². The molecule has 0 aliphatic heterocycles. The highest BCUT2D eigenvalue weighted by atomic mass is 16.2. The third-order valence-corrected chi connectivity index (χ3v) is 5.99. The first-order valence-corrected chi connectivity index (χ1v) is 10.2. The molecule has 1 aromatic carbocycles. The molecule has 0 radical (unpaired) electrons. The Morgan fingerprint density at radius 1 is 1.00 bits per heavy atom. The van der Waals surface area contributed by atoms with Crippen LogP contribution in [0.25, 0.3) is 0 Å². The predicted molar refractivity (Wildman–Crippen MR) is 107 cm³/mol. The van der Waals surface area contributed by atoms with Crippen LogP contribution in [0, 0.1) is 11.3 Å². The van der Waals surface area contributed by atoms with E-state index in [0.29, 0.717) is 24.6 Å². The zero-order valence-electron chi connectivity index (χ0n) is 16.8. The lowest BCUT2D eigenvalue weighted by Crippen LogP contribution is -2.40. The number of carbonyl (C=O) groups is 2. The summed E-state index contributed by atoms with van der Waals surface area (Å²) >= 11 is 0. The highest BCUT2D eigenvalue weighted by Gasteiger charge is 2.41. The summed E-state index contributed by atoms with van der Waals surface area (Å²) in [7, 11) is 0. The molecule has 1 aromatic rings. The summed E-state index contributed by atoms with van der Waals surface area (Å²) in [4.78, 5) is 27.3. The van der Waals surface area contributed by atoms with E-state index in [9.17, 15) is 9.59 Å². The van der Waals surface area contributed by atoms with Crippen molar-refractivity contribution in [3.63, 3.8) is 0 Å². The lowest BCUT2D eigenvalue weighted by atomic mass is 9.70. The molecule has 1 fully saturated rings. The van der Waals surface area contributed by atoms with Crippen molar-refractivity contribution in [1.29, 1.82) is 0 Å². The molecule has 2 amide bonds. The molecule has 0 saturated heterocycles. The molecule has 4 heteroatoms. The quantitative estimate of drug-likeness (QED) is 0.719. The van der Waals surface area contributed by atoms with Crippen LogP contribution in [0.5, 0.6) is 0 Å². The average molecular weight is 359 g/mol. The number of rotatable bonds is 6. The van der Waals surface area contributed by atoms with Gasteiger partial charge in [-0.2, -0.15) is 0 Å². The number of hydrogen-bond donors (Lipinski definition) is 1. The second kappa shape index (κ2) is 9.20. The van der Waals surface area contributed by atoms with Crippen molar-refractivity contribution in [2.45, 2.75) is 66.2 Å². The molecule has 1 N–H and O–H groups in total. The van der Waals surface area contributed by atoms with E-state index in [2.05, 4.69) is 19.2 Å². The van der Waals surface area contributed by atoms with Crippen molar-refractivity contribution in [1.82, 2.24) is 4.90 Å². The molecular weight excluding hydrogens is 324 g/mol. The number of nitrogens with zero attached hydrogens (tertiary/aromatic N) is 1. The van der Waals surface area contributed by atoms with Crippen molar-refractivity contribution < 1.29 is 9.59 Å². The van der Waals surface area contributed by atoms with Gasteiger partial charge in [0.25, 0.3) is 5.91 Å². The first kappa shape index (κ1) is 20.5. The SMILES string of the molecule is CCN(CC)C(=O)c1ccc(NC(=O)C2(C(C)C)CCCCCC2)cc1. The van der Waals surface area contributed by atoms with Crippen molar-refractivity contribution in [2.24, 2.45) is 11.3 Å². The number of carbonyl (C=O) groups excluding carboxylic acids is 2. The van der Waals surface area contributed by atoms with Crippen LogP contribution in [0.2, 0.25) is 0 Å². The summed E-state index contributed by atoms with van der Waals surface area (Å²) in [6, 6.07) is 7.32. The summed E-state index contributed by atoms with van der Waals surface area (Å²) in [5.41, 5.74) is 1.17. The molecule has 0 heterocycles.